The number of carbonyl (C=O) groups excluding carboxylic acids is 1. The molecule has 48 heavy (non-hydrogen) atoms. The van der Waals surface area contributed by atoms with E-state index in [9.17, 15) is 9.90 Å². The Morgan fingerprint density at radius 1 is 0.792 bits per heavy atom. The maximum absolute atomic E-state index is 13.0. The molecule has 5 aromatic carbocycles. The van der Waals surface area contributed by atoms with Crippen LogP contribution in [0.3, 0.4) is 0 Å². The molecule has 1 aromatic heterocycles. The highest BCUT2D eigenvalue weighted by Gasteiger charge is 2.38. The van der Waals surface area contributed by atoms with Crippen molar-refractivity contribution in [1.29, 1.82) is 0 Å². The summed E-state index contributed by atoms with van der Waals surface area (Å²) in [4.78, 5) is 17.5. The van der Waals surface area contributed by atoms with E-state index in [4.69, 9.17) is 14.2 Å². The number of urea groups is 1. The molecule has 0 bridgehead atoms. The average molecular weight is 641 g/mol. The van der Waals surface area contributed by atoms with E-state index in [0.29, 0.717) is 23.7 Å². The third-order valence-corrected chi connectivity index (χ3v) is 8.54. The SMILES string of the molecule is CC1C(Cn2cnc3ccccc32)OC(c2cccc(NC(=O)Nc3ccc(Oc4ccccc4)cc3)c2)OC1c1ccc(CO)cc1. The van der Waals surface area contributed by atoms with Crippen LogP contribution in [0.4, 0.5) is 16.2 Å². The minimum absolute atomic E-state index is 0.000967. The van der Waals surface area contributed by atoms with E-state index in [2.05, 4.69) is 33.2 Å². The van der Waals surface area contributed by atoms with Crippen LogP contribution < -0.4 is 15.4 Å². The summed E-state index contributed by atoms with van der Waals surface area (Å²) in [5.41, 5.74) is 5.81. The molecule has 2 amide bonds. The van der Waals surface area contributed by atoms with Crippen LogP contribution in [-0.4, -0.2) is 26.8 Å². The number of hydrogen-bond donors (Lipinski definition) is 3. The number of aromatic nitrogens is 2. The van der Waals surface area contributed by atoms with Crippen molar-refractivity contribution in [3.63, 3.8) is 0 Å². The van der Waals surface area contributed by atoms with Crippen molar-refractivity contribution in [2.24, 2.45) is 5.92 Å². The second-order valence-corrected chi connectivity index (χ2v) is 11.9. The summed E-state index contributed by atoms with van der Waals surface area (Å²) in [6.45, 7) is 2.69. The molecular formula is C39H36N4O5. The van der Waals surface area contributed by atoms with Crippen molar-refractivity contribution in [3.8, 4) is 11.5 Å². The average Bonchev–Trinajstić information content (AvgIpc) is 3.53. The lowest BCUT2D eigenvalue weighted by Gasteiger charge is -2.41. The molecule has 1 aliphatic heterocycles. The Labute approximate surface area is 278 Å². The summed E-state index contributed by atoms with van der Waals surface area (Å²) in [6.07, 6.45) is 0.677. The number of rotatable bonds is 9. The molecule has 1 saturated heterocycles. The van der Waals surface area contributed by atoms with Crippen molar-refractivity contribution in [2.45, 2.75) is 38.6 Å². The van der Waals surface area contributed by atoms with Gasteiger partial charge >= 0.3 is 6.03 Å². The molecule has 1 aliphatic rings. The molecule has 4 unspecified atom stereocenters. The predicted molar refractivity (Wildman–Crippen MR) is 185 cm³/mol. The number of para-hydroxylation sites is 3. The maximum atomic E-state index is 13.0. The van der Waals surface area contributed by atoms with Gasteiger partial charge in [0.05, 0.1) is 42.7 Å². The molecule has 0 saturated carbocycles. The summed E-state index contributed by atoms with van der Waals surface area (Å²) in [7, 11) is 0. The number of anilines is 2. The van der Waals surface area contributed by atoms with Crippen molar-refractivity contribution in [2.75, 3.05) is 10.6 Å². The highest BCUT2D eigenvalue weighted by molar-refractivity contribution is 5.99. The van der Waals surface area contributed by atoms with Crippen LogP contribution in [0, 0.1) is 5.92 Å². The second kappa shape index (κ2) is 14.1. The molecule has 3 N–H and O–H groups in total. The van der Waals surface area contributed by atoms with Crippen molar-refractivity contribution in [1.82, 2.24) is 9.55 Å². The first kappa shape index (κ1) is 31.1. The van der Waals surface area contributed by atoms with Gasteiger partial charge in [0, 0.05) is 22.9 Å². The molecule has 2 heterocycles. The number of fused-ring (bicyclic) bond motifs is 1. The molecule has 9 nitrogen and oxygen atoms in total. The summed E-state index contributed by atoms with van der Waals surface area (Å²) < 4.78 is 21.3. The maximum Gasteiger partial charge on any atom is 0.323 e. The number of nitrogens with zero attached hydrogens (tertiary/aromatic N) is 2. The normalized spacial score (nSPS) is 19.1. The Morgan fingerprint density at radius 2 is 1.52 bits per heavy atom. The lowest BCUT2D eigenvalue weighted by atomic mass is 9.90. The standard InChI is InChI=1S/C39H36N4O5/c1-26-36(23-43-25-40-34-12-5-6-13-35(34)43)47-38(48-37(26)28-16-14-27(24-44)15-17-28)29-8-7-9-31(22-29)42-39(45)41-30-18-20-33(21-19-30)46-32-10-3-2-4-11-32/h2-22,25-26,36-38,44H,23-24H2,1H3,(H2,41,42,45). The largest absolute Gasteiger partial charge is 0.457 e. The lowest BCUT2D eigenvalue weighted by molar-refractivity contribution is -0.276. The minimum atomic E-state index is -0.689. The number of aliphatic hydroxyl groups is 1. The van der Waals surface area contributed by atoms with Crippen LogP contribution >= 0.6 is 0 Å². The topological polar surface area (TPSA) is 107 Å². The van der Waals surface area contributed by atoms with Gasteiger partial charge in [-0.05, 0) is 71.8 Å². The third kappa shape index (κ3) is 7.08. The van der Waals surface area contributed by atoms with Gasteiger partial charge < -0.3 is 34.5 Å². The Hall–Kier alpha value is -5.48. The highest BCUT2D eigenvalue weighted by Crippen LogP contribution is 2.42. The molecule has 9 heteroatoms. The van der Waals surface area contributed by atoms with Gasteiger partial charge in [-0.1, -0.05) is 73.7 Å². The number of benzene rings is 5. The van der Waals surface area contributed by atoms with E-state index < -0.39 is 6.29 Å². The van der Waals surface area contributed by atoms with Crippen LogP contribution in [0.2, 0.25) is 0 Å². The number of carbonyl (C=O) groups is 1. The van der Waals surface area contributed by atoms with Crippen LogP contribution in [0.25, 0.3) is 11.0 Å². The van der Waals surface area contributed by atoms with Gasteiger partial charge in [-0.2, -0.15) is 0 Å². The quantitative estimate of drug-likeness (QED) is 0.146. The van der Waals surface area contributed by atoms with Crippen LogP contribution in [-0.2, 0) is 22.6 Å². The molecule has 0 spiro atoms. The van der Waals surface area contributed by atoms with Crippen LogP contribution in [0.15, 0.2) is 134 Å². The number of imidazole rings is 1. The first-order valence-electron chi connectivity index (χ1n) is 15.9. The van der Waals surface area contributed by atoms with Crippen LogP contribution in [0.5, 0.6) is 11.5 Å². The summed E-state index contributed by atoms with van der Waals surface area (Å²) in [5, 5.41) is 15.4. The summed E-state index contributed by atoms with van der Waals surface area (Å²) in [6, 6.07) is 39.7. The monoisotopic (exact) mass is 640 g/mol. The number of hydrogen-bond acceptors (Lipinski definition) is 6. The Balaban J connectivity index is 1.07. The minimum Gasteiger partial charge on any atom is -0.457 e. The molecule has 242 valence electrons. The first-order valence-corrected chi connectivity index (χ1v) is 15.9. The number of nitrogens with one attached hydrogen (secondary N) is 2. The van der Waals surface area contributed by atoms with Gasteiger partial charge in [-0.15, -0.1) is 0 Å². The van der Waals surface area contributed by atoms with Crippen LogP contribution in [0.1, 0.15) is 36.0 Å². The van der Waals surface area contributed by atoms with E-state index in [1.54, 1.807) is 24.3 Å². The summed E-state index contributed by atoms with van der Waals surface area (Å²) in [5.74, 6) is 1.41. The molecule has 0 aliphatic carbocycles. The van der Waals surface area contributed by atoms with E-state index in [-0.39, 0.29) is 30.8 Å². The molecule has 4 atom stereocenters. The van der Waals surface area contributed by atoms with Gasteiger partial charge in [-0.25, -0.2) is 9.78 Å². The third-order valence-electron chi connectivity index (χ3n) is 8.54. The van der Waals surface area contributed by atoms with E-state index in [1.807, 2.05) is 103 Å². The first-order chi connectivity index (χ1) is 23.5. The van der Waals surface area contributed by atoms with Gasteiger partial charge in [0.1, 0.15) is 11.5 Å². The Kier molecular flexibility index (Phi) is 9.15. The van der Waals surface area contributed by atoms with E-state index in [0.717, 1.165) is 33.5 Å². The predicted octanol–water partition coefficient (Wildman–Crippen LogP) is 8.46. The zero-order valence-corrected chi connectivity index (χ0v) is 26.4. The number of aliphatic hydroxyl groups excluding tert-OH is 1. The molecule has 7 rings (SSSR count). The van der Waals surface area contributed by atoms with Crippen molar-refractivity contribution in [3.05, 3.63) is 150 Å². The lowest BCUT2D eigenvalue weighted by Crippen LogP contribution is -2.39. The smallest absolute Gasteiger partial charge is 0.323 e. The van der Waals surface area contributed by atoms with Gasteiger partial charge in [-0.3, -0.25) is 0 Å². The summed E-state index contributed by atoms with van der Waals surface area (Å²) >= 11 is 0. The van der Waals surface area contributed by atoms with Gasteiger partial charge in [0.25, 0.3) is 0 Å². The highest BCUT2D eigenvalue weighted by atomic mass is 16.7. The fourth-order valence-corrected chi connectivity index (χ4v) is 5.97. The van der Waals surface area contributed by atoms with Crippen molar-refractivity contribution >= 4 is 28.4 Å². The van der Waals surface area contributed by atoms with Crippen molar-refractivity contribution < 1.29 is 24.1 Å². The second-order valence-electron chi connectivity index (χ2n) is 11.9. The molecule has 6 aromatic rings. The fraction of sp³-hybridized carbons (Fsp3) is 0.179. The number of ether oxygens (including phenoxy) is 3. The molecule has 1 fully saturated rings. The fourth-order valence-electron chi connectivity index (χ4n) is 5.97. The molecule has 0 radical (unpaired) electrons. The van der Waals surface area contributed by atoms with E-state index in [1.165, 1.54) is 0 Å². The zero-order chi connectivity index (χ0) is 32.9. The van der Waals surface area contributed by atoms with Gasteiger partial charge in [0.15, 0.2) is 6.29 Å². The van der Waals surface area contributed by atoms with Gasteiger partial charge in [0.2, 0.25) is 0 Å². The Bertz CT molecular complexity index is 1980. The zero-order valence-electron chi connectivity index (χ0n) is 26.4. The Morgan fingerprint density at radius 3 is 2.31 bits per heavy atom. The number of amides is 2. The molecular weight excluding hydrogens is 604 g/mol. The van der Waals surface area contributed by atoms with E-state index >= 15 is 0 Å².